The van der Waals surface area contributed by atoms with Crippen molar-refractivity contribution in [3.8, 4) is 0 Å². The van der Waals surface area contributed by atoms with Gasteiger partial charge in [0.1, 0.15) is 11.9 Å². The van der Waals surface area contributed by atoms with Crippen LogP contribution in [0.25, 0.3) is 0 Å². The highest BCUT2D eigenvalue weighted by atomic mass is 16.2. The Morgan fingerprint density at radius 3 is 2.64 bits per heavy atom. The topological polar surface area (TPSA) is 69.3 Å². The zero-order chi connectivity index (χ0) is 19.3. The number of anilines is 1. The molecule has 0 bridgehead atoms. The third kappa shape index (κ3) is 4.51. The molecule has 6 heteroatoms. The summed E-state index contributed by atoms with van der Waals surface area (Å²) in [4.78, 5) is 19.4. The standard InChI is InChI=1S/C22H29N5O/c1-16-9-11-27(12-10-16)21-8-7-17(14-23-21)15-24-22(28)20-13-19(25-26-20)18-5-3-2-4-6-18/h2-8,14,16,19-20,25-26H,9-13,15H2,1H3,(H,24,28). The number of hydrogen-bond acceptors (Lipinski definition) is 5. The summed E-state index contributed by atoms with van der Waals surface area (Å²) in [5.74, 6) is 1.86. The Bertz CT molecular complexity index is 771. The van der Waals surface area contributed by atoms with Crippen molar-refractivity contribution in [3.63, 3.8) is 0 Å². The van der Waals surface area contributed by atoms with Crippen molar-refractivity contribution in [2.24, 2.45) is 5.92 Å². The summed E-state index contributed by atoms with van der Waals surface area (Å²) >= 11 is 0. The van der Waals surface area contributed by atoms with E-state index in [1.54, 1.807) is 0 Å². The number of nitrogens with zero attached hydrogens (tertiary/aromatic N) is 2. The molecule has 2 aromatic rings. The maximum atomic E-state index is 12.5. The number of nitrogens with one attached hydrogen (secondary N) is 3. The summed E-state index contributed by atoms with van der Waals surface area (Å²) in [5.41, 5.74) is 8.55. The molecule has 2 atom stereocenters. The lowest BCUT2D eigenvalue weighted by Crippen LogP contribution is -2.42. The second-order valence-corrected chi connectivity index (χ2v) is 7.95. The number of carbonyl (C=O) groups excluding carboxylic acids is 1. The SMILES string of the molecule is CC1CCN(c2ccc(CNC(=O)C3CC(c4ccccc4)NN3)cn2)CC1. The lowest BCUT2D eigenvalue weighted by atomic mass is 9.99. The molecular weight excluding hydrogens is 350 g/mol. The number of pyridine rings is 1. The van der Waals surface area contributed by atoms with E-state index in [0.717, 1.165) is 36.8 Å². The molecule has 0 aliphatic carbocycles. The number of rotatable bonds is 5. The van der Waals surface area contributed by atoms with E-state index in [1.165, 1.54) is 18.4 Å². The Hall–Kier alpha value is -2.44. The van der Waals surface area contributed by atoms with Crippen LogP contribution in [-0.2, 0) is 11.3 Å². The summed E-state index contributed by atoms with van der Waals surface area (Å²) in [7, 11) is 0. The number of hydrogen-bond donors (Lipinski definition) is 3. The fraction of sp³-hybridized carbons (Fsp3) is 0.455. The van der Waals surface area contributed by atoms with Crippen LogP contribution in [0.15, 0.2) is 48.7 Å². The van der Waals surface area contributed by atoms with Gasteiger partial charge in [-0.1, -0.05) is 43.3 Å². The third-order valence-corrected chi connectivity index (χ3v) is 5.81. The van der Waals surface area contributed by atoms with E-state index in [2.05, 4.69) is 57.2 Å². The van der Waals surface area contributed by atoms with Gasteiger partial charge in [0.05, 0.1) is 0 Å². The van der Waals surface area contributed by atoms with Crippen LogP contribution in [0.2, 0.25) is 0 Å². The Morgan fingerprint density at radius 2 is 1.93 bits per heavy atom. The smallest absolute Gasteiger partial charge is 0.238 e. The van der Waals surface area contributed by atoms with E-state index in [9.17, 15) is 4.79 Å². The van der Waals surface area contributed by atoms with Gasteiger partial charge in [-0.2, -0.15) is 0 Å². The molecule has 1 amide bonds. The molecule has 2 saturated heterocycles. The van der Waals surface area contributed by atoms with Gasteiger partial charge < -0.3 is 10.2 Å². The molecule has 2 aliphatic rings. The van der Waals surface area contributed by atoms with Crippen LogP contribution in [-0.4, -0.2) is 30.0 Å². The fourth-order valence-corrected chi connectivity index (χ4v) is 3.89. The Labute approximate surface area is 166 Å². The largest absolute Gasteiger partial charge is 0.357 e. The Kier molecular flexibility index (Phi) is 5.88. The highest BCUT2D eigenvalue weighted by molar-refractivity contribution is 5.82. The average molecular weight is 380 g/mol. The minimum Gasteiger partial charge on any atom is -0.357 e. The lowest BCUT2D eigenvalue weighted by molar-refractivity contribution is -0.123. The third-order valence-electron chi connectivity index (χ3n) is 5.81. The monoisotopic (exact) mass is 379 g/mol. The van der Waals surface area contributed by atoms with E-state index in [1.807, 2.05) is 24.4 Å². The molecule has 3 heterocycles. The first-order valence-electron chi connectivity index (χ1n) is 10.2. The van der Waals surface area contributed by atoms with E-state index >= 15 is 0 Å². The summed E-state index contributed by atoms with van der Waals surface area (Å²) in [6.45, 7) is 4.96. The zero-order valence-corrected chi connectivity index (χ0v) is 16.4. The first-order chi connectivity index (χ1) is 13.7. The van der Waals surface area contributed by atoms with Gasteiger partial charge in [0.2, 0.25) is 5.91 Å². The molecular formula is C22H29N5O. The van der Waals surface area contributed by atoms with Crippen LogP contribution < -0.4 is 21.1 Å². The second-order valence-electron chi connectivity index (χ2n) is 7.95. The van der Waals surface area contributed by atoms with Crippen LogP contribution in [0, 0.1) is 5.92 Å². The van der Waals surface area contributed by atoms with Crippen LogP contribution in [0.1, 0.15) is 43.4 Å². The van der Waals surface area contributed by atoms with Gasteiger partial charge in [0.15, 0.2) is 0 Å². The number of aromatic nitrogens is 1. The fourth-order valence-electron chi connectivity index (χ4n) is 3.89. The molecule has 0 spiro atoms. The molecule has 0 saturated carbocycles. The van der Waals surface area contributed by atoms with Crippen molar-refractivity contribution in [1.82, 2.24) is 21.2 Å². The van der Waals surface area contributed by atoms with E-state index in [4.69, 9.17) is 0 Å². The van der Waals surface area contributed by atoms with Gasteiger partial charge in [-0.3, -0.25) is 4.79 Å². The highest BCUT2D eigenvalue weighted by Crippen LogP contribution is 2.23. The average Bonchev–Trinajstić information content (AvgIpc) is 3.24. The molecule has 2 unspecified atom stereocenters. The molecule has 148 valence electrons. The molecule has 4 rings (SSSR count). The van der Waals surface area contributed by atoms with Crippen LogP contribution >= 0.6 is 0 Å². The van der Waals surface area contributed by atoms with Crippen LogP contribution in [0.4, 0.5) is 5.82 Å². The molecule has 6 nitrogen and oxygen atoms in total. The normalized spacial score (nSPS) is 23.0. The van der Waals surface area contributed by atoms with Gasteiger partial charge in [-0.25, -0.2) is 15.8 Å². The minimum atomic E-state index is -0.229. The molecule has 3 N–H and O–H groups in total. The lowest BCUT2D eigenvalue weighted by Gasteiger charge is -2.31. The van der Waals surface area contributed by atoms with E-state index < -0.39 is 0 Å². The quantitative estimate of drug-likeness (QED) is 0.745. The summed E-state index contributed by atoms with van der Waals surface area (Å²) < 4.78 is 0. The van der Waals surface area contributed by atoms with E-state index in [-0.39, 0.29) is 18.0 Å². The number of hydrazine groups is 1. The predicted molar refractivity (Wildman–Crippen MR) is 111 cm³/mol. The van der Waals surface area contributed by atoms with Crippen molar-refractivity contribution in [3.05, 3.63) is 59.8 Å². The Morgan fingerprint density at radius 1 is 1.14 bits per heavy atom. The maximum absolute atomic E-state index is 12.5. The second kappa shape index (κ2) is 8.71. The Balaban J connectivity index is 1.26. The minimum absolute atomic E-state index is 0.0139. The van der Waals surface area contributed by atoms with Crippen molar-refractivity contribution in [2.45, 2.75) is 44.8 Å². The number of carbonyl (C=O) groups is 1. The maximum Gasteiger partial charge on any atom is 0.238 e. The van der Waals surface area contributed by atoms with Gasteiger partial charge in [0, 0.05) is 31.9 Å². The van der Waals surface area contributed by atoms with Crippen molar-refractivity contribution in [2.75, 3.05) is 18.0 Å². The summed E-state index contributed by atoms with van der Waals surface area (Å²) in [5, 5.41) is 3.02. The van der Waals surface area contributed by atoms with Crippen molar-refractivity contribution in [1.29, 1.82) is 0 Å². The van der Waals surface area contributed by atoms with E-state index in [0.29, 0.717) is 6.54 Å². The first kappa shape index (κ1) is 18.9. The zero-order valence-electron chi connectivity index (χ0n) is 16.4. The van der Waals surface area contributed by atoms with Gasteiger partial charge in [0.25, 0.3) is 0 Å². The molecule has 1 aromatic carbocycles. The predicted octanol–water partition coefficient (Wildman–Crippen LogP) is 2.54. The van der Waals surface area contributed by atoms with Gasteiger partial charge in [-0.05, 0) is 42.4 Å². The molecule has 2 fully saturated rings. The first-order valence-corrected chi connectivity index (χ1v) is 10.2. The van der Waals surface area contributed by atoms with Gasteiger partial charge >= 0.3 is 0 Å². The molecule has 28 heavy (non-hydrogen) atoms. The van der Waals surface area contributed by atoms with Gasteiger partial charge in [-0.15, -0.1) is 0 Å². The molecule has 2 aliphatic heterocycles. The number of benzene rings is 1. The van der Waals surface area contributed by atoms with Crippen LogP contribution in [0.3, 0.4) is 0 Å². The van der Waals surface area contributed by atoms with Crippen molar-refractivity contribution >= 4 is 11.7 Å². The molecule has 0 radical (unpaired) electrons. The molecule has 1 aromatic heterocycles. The van der Waals surface area contributed by atoms with Crippen molar-refractivity contribution < 1.29 is 4.79 Å². The number of piperidine rings is 1. The summed E-state index contributed by atoms with van der Waals surface area (Å²) in [6.07, 6.45) is 5.07. The number of amides is 1. The van der Waals surface area contributed by atoms with Crippen LogP contribution in [0.5, 0.6) is 0 Å². The summed E-state index contributed by atoms with van der Waals surface area (Å²) in [6, 6.07) is 14.3. The highest BCUT2D eigenvalue weighted by Gasteiger charge is 2.29.